The van der Waals surface area contributed by atoms with E-state index in [9.17, 15) is 19.7 Å². The fourth-order valence-electron chi connectivity index (χ4n) is 3.63. The highest BCUT2D eigenvalue weighted by Gasteiger charge is 2.36. The largest absolute Gasteiger partial charge is 0.371 e. The molecule has 0 atom stereocenters. The molecule has 0 radical (unpaired) electrons. The van der Waals surface area contributed by atoms with Crippen LogP contribution in [0.1, 0.15) is 39.1 Å². The first-order valence-corrected chi connectivity index (χ1v) is 8.54. The van der Waals surface area contributed by atoms with Crippen LogP contribution in [0.4, 0.5) is 11.4 Å². The summed E-state index contributed by atoms with van der Waals surface area (Å²) in [7, 11) is 0. The number of imide groups is 1. The Morgan fingerprint density at radius 1 is 0.962 bits per heavy atom. The zero-order valence-electron chi connectivity index (χ0n) is 14.1. The van der Waals surface area contributed by atoms with Crippen LogP contribution in [0.15, 0.2) is 42.5 Å². The Bertz CT molecular complexity index is 884. The van der Waals surface area contributed by atoms with Crippen molar-refractivity contribution < 1.29 is 14.5 Å². The fraction of sp³-hybridized carbons (Fsp3) is 0.263. The smallest absolute Gasteiger partial charge is 0.269 e. The number of anilines is 1. The summed E-state index contributed by atoms with van der Waals surface area (Å²) in [4.78, 5) is 39.3. The van der Waals surface area contributed by atoms with Crippen molar-refractivity contribution in [2.75, 3.05) is 18.0 Å². The maximum Gasteiger partial charge on any atom is 0.269 e. The highest BCUT2D eigenvalue weighted by Crippen LogP contribution is 2.32. The molecule has 0 spiro atoms. The minimum Gasteiger partial charge on any atom is -0.371 e. The van der Waals surface area contributed by atoms with E-state index in [1.807, 2.05) is 0 Å². The molecular formula is C19H17N3O4. The monoisotopic (exact) mass is 351 g/mol. The van der Waals surface area contributed by atoms with Crippen LogP contribution in [0, 0.1) is 10.1 Å². The molecule has 2 heterocycles. The summed E-state index contributed by atoms with van der Waals surface area (Å²) in [6.07, 6.45) is 2.12. The van der Waals surface area contributed by atoms with E-state index in [1.54, 1.807) is 30.3 Å². The van der Waals surface area contributed by atoms with E-state index in [4.69, 9.17) is 0 Å². The first-order valence-electron chi connectivity index (χ1n) is 8.54. The van der Waals surface area contributed by atoms with Gasteiger partial charge in [-0.3, -0.25) is 24.6 Å². The third kappa shape index (κ3) is 2.61. The van der Waals surface area contributed by atoms with Crippen LogP contribution in [0.5, 0.6) is 0 Å². The van der Waals surface area contributed by atoms with Gasteiger partial charge in [0.05, 0.1) is 22.6 Å². The Kier molecular flexibility index (Phi) is 3.91. The molecule has 26 heavy (non-hydrogen) atoms. The van der Waals surface area contributed by atoms with Crippen molar-refractivity contribution >= 4 is 23.2 Å². The SMILES string of the molecule is O=C1c2ccccc2C(=O)N1Cc1cc([N+](=O)[O-])ccc1N1CCCC1. The number of nitro groups is 1. The van der Waals surface area contributed by atoms with E-state index in [-0.39, 0.29) is 24.0 Å². The molecule has 0 N–H and O–H groups in total. The molecule has 0 bridgehead atoms. The molecule has 7 nitrogen and oxygen atoms in total. The van der Waals surface area contributed by atoms with Gasteiger partial charge in [0, 0.05) is 36.5 Å². The Labute approximate surface area is 150 Å². The highest BCUT2D eigenvalue weighted by atomic mass is 16.6. The number of fused-ring (bicyclic) bond motifs is 1. The van der Waals surface area contributed by atoms with E-state index in [0.717, 1.165) is 31.6 Å². The van der Waals surface area contributed by atoms with Gasteiger partial charge < -0.3 is 4.90 Å². The number of rotatable bonds is 4. The van der Waals surface area contributed by atoms with Gasteiger partial charge in [-0.25, -0.2) is 0 Å². The van der Waals surface area contributed by atoms with Gasteiger partial charge in [-0.15, -0.1) is 0 Å². The Balaban J connectivity index is 1.71. The molecule has 2 aromatic carbocycles. The molecule has 0 aromatic heterocycles. The number of amides is 2. The maximum atomic E-state index is 12.6. The lowest BCUT2D eigenvalue weighted by molar-refractivity contribution is -0.384. The number of benzene rings is 2. The van der Waals surface area contributed by atoms with E-state index in [0.29, 0.717) is 16.7 Å². The van der Waals surface area contributed by atoms with Gasteiger partial charge in [-0.2, -0.15) is 0 Å². The topological polar surface area (TPSA) is 83.8 Å². The number of hydrogen-bond acceptors (Lipinski definition) is 5. The van der Waals surface area contributed by atoms with Crippen LogP contribution < -0.4 is 4.90 Å². The lowest BCUT2D eigenvalue weighted by Gasteiger charge is -2.23. The molecule has 0 aliphatic carbocycles. The standard InChI is InChI=1S/C19H17N3O4/c23-18-15-5-1-2-6-16(15)19(24)21(18)12-13-11-14(22(25)26)7-8-17(13)20-9-3-4-10-20/h1-2,5-8,11H,3-4,9-10,12H2. The normalized spacial score (nSPS) is 16.3. The lowest BCUT2D eigenvalue weighted by atomic mass is 10.1. The lowest BCUT2D eigenvalue weighted by Crippen LogP contribution is -2.30. The number of carbonyl (C=O) groups excluding carboxylic acids is 2. The van der Waals surface area contributed by atoms with E-state index in [2.05, 4.69) is 4.90 Å². The molecule has 0 unspecified atom stereocenters. The van der Waals surface area contributed by atoms with Crippen molar-refractivity contribution in [3.8, 4) is 0 Å². The van der Waals surface area contributed by atoms with E-state index < -0.39 is 4.92 Å². The van der Waals surface area contributed by atoms with Crippen LogP contribution >= 0.6 is 0 Å². The predicted molar refractivity (Wildman–Crippen MR) is 95.2 cm³/mol. The number of nitro benzene ring substituents is 1. The second-order valence-corrected chi connectivity index (χ2v) is 6.51. The third-order valence-electron chi connectivity index (χ3n) is 4.93. The zero-order valence-corrected chi connectivity index (χ0v) is 14.1. The van der Waals surface area contributed by atoms with Gasteiger partial charge in [-0.05, 0) is 31.0 Å². The summed E-state index contributed by atoms with van der Waals surface area (Å²) in [6, 6.07) is 11.4. The molecule has 2 amide bonds. The molecule has 2 aromatic rings. The van der Waals surface area contributed by atoms with E-state index >= 15 is 0 Å². The van der Waals surface area contributed by atoms with Crippen molar-refractivity contribution in [3.05, 3.63) is 69.3 Å². The van der Waals surface area contributed by atoms with Gasteiger partial charge in [-0.1, -0.05) is 12.1 Å². The van der Waals surface area contributed by atoms with Crippen LogP contribution in [-0.2, 0) is 6.54 Å². The summed E-state index contributed by atoms with van der Waals surface area (Å²) in [5.74, 6) is -0.714. The number of hydrogen-bond donors (Lipinski definition) is 0. The number of carbonyl (C=O) groups is 2. The second kappa shape index (κ2) is 6.25. The average molecular weight is 351 g/mol. The van der Waals surface area contributed by atoms with Crippen LogP contribution in [0.2, 0.25) is 0 Å². The van der Waals surface area contributed by atoms with Crippen LogP contribution in [0.25, 0.3) is 0 Å². The highest BCUT2D eigenvalue weighted by molar-refractivity contribution is 6.21. The zero-order chi connectivity index (χ0) is 18.3. The van der Waals surface area contributed by atoms with Crippen molar-refractivity contribution in [3.63, 3.8) is 0 Å². The van der Waals surface area contributed by atoms with Crippen LogP contribution in [0.3, 0.4) is 0 Å². The van der Waals surface area contributed by atoms with Crippen molar-refractivity contribution in [1.29, 1.82) is 0 Å². The molecule has 132 valence electrons. The minimum absolute atomic E-state index is 0.0276. The fourth-order valence-corrected chi connectivity index (χ4v) is 3.63. The third-order valence-corrected chi connectivity index (χ3v) is 4.93. The van der Waals surface area contributed by atoms with Gasteiger partial charge in [0.1, 0.15) is 0 Å². The molecule has 4 rings (SSSR count). The van der Waals surface area contributed by atoms with Crippen molar-refractivity contribution in [2.24, 2.45) is 0 Å². The maximum absolute atomic E-state index is 12.6. The molecule has 2 aliphatic rings. The first-order chi connectivity index (χ1) is 12.6. The van der Waals surface area contributed by atoms with Crippen LogP contribution in [-0.4, -0.2) is 34.7 Å². The quantitative estimate of drug-likeness (QED) is 0.480. The summed E-state index contributed by atoms with van der Waals surface area (Å²) in [5.41, 5.74) is 2.19. The van der Waals surface area contributed by atoms with E-state index in [1.165, 1.54) is 17.0 Å². The molecule has 2 aliphatic heterocycles. The first kappa shape index (κ1) is 16.3. The van der Waals surface area contributed by atoms with Gasteiger partial charge >= 0.3 is 0 Å². The summed E-state index contributed by atoms with van der Waals surface area (Å²) >= 11 is 0. The van der Waals surface area contributed by atoms with Gasteiger partial charge in [0.2, 0.25) is 0 Å². The van der Waals surface area contributed by atoms with Gasteiger partial charge in [0.15, 0.2) is 0 Å². The molecule has 1 fully saturated rings. The van der Waals surface area contributed by atoms with Crippen molar-refractivity contribution in [2.45, 2.75) is 19.4 Å². The minimum atomic E-state index is -0.459. The Morgan fingerprint density at radius 3 is 2.15 bits per heavy atom. The predicted octanol–water partition coefficient (Wildman–Crippen LogP) is 2.99. The molecule has 0 saturated carbocycles. The van der Waals surface area contributed by atoms with Gasteiger partial charge in [0.25, 0.3) is 17.5 Å². The molecule has 1 saturated heterocycles. The molecular weight excluding hydrogens is 334 g/mol. The van der Waals surface area contributed by atoms with Crippen molar-refractivity contribution in [1.82, 2.24) is 4.90 Å². The number of non-ortho nitro benzene ring substituents is 1. The average Bonchev–Trinajstić information content (AvgIpc) is 3.26. The Hall–Kier alpha value is -3.22. The summed E-state index contributed by atoms with van der Waals surface area (Å²) in [5, 5.41) is 11.2. The Morgan fingerprint density at radius 2 is 1.58 bits per heavy atom. The summed E-state index contributed by atoms with van der Waals surface area (Å²) < 4.78 is 0. The second-order valence-electron chi connectivity index (χ2n) is 6.51. The number of nitrogens with zero attached hydrogens (tertiary/aromatic N) is 3. The summed E-state index contributed by atoms with van der Waals surface area (Å²) in [6.45, 7) is 1.76. The molecule has 7 heteroatoms.